The van der Waals surface area contributed by atoms with Gasteiger partial charge in [0.15, 0.2) is 0 Å². The fourth-order valence-electron chi connectivity index (χ4n) is 2.91. The van der Waals surface area contributed by atoms with Gasteiger partial charge in [-0.25, -0.2) is 4.98 Å². The smallest absolute Gasteiger partial charge is 0.405 e. The first-order valence-corrected chi connectivity index (χ1v) is 8.48. The van der Waals surface area contributed by atoms with Gasteiger partial charge in [-0.05, 0) is 24.6 Å². The number of halogens is 4. The van der Waals surface area contributed by atoms with Gasteiger partial charge in [0.1, 0.15) is 23.8 Å². The number of alkyl halides is 3. The van der Waals surface area contributed by atoms with Gasteiger partial charge >= 0.3 is 6.36 Å². The van der Waals surface area contributed by atoms with E-state index in [1.54, 1.807) is 0 Å². The molecule has 1 saturated heterocycles. The molecule has 28 heavy (non-hydrogen) atoms. The predicted molar refractivity (Wildman–Crippen MR) is 92.9 cm³/mol. The van der Waals surface area contributed by atoms with E-state index in [0.29, 0.717) is 18.5 Å². The topological polar surface area (TPSA) is 93.4 Å². The Morgan fingerprint density at radius 3 is 2.86 bits per heavy atom. The molecular weight excluding hydrogens is 401 g/mol. The molecule has 0 radical (unpaired) electrons. The molecule has 0 bridgehead atoms. The highest BCUT2D eigenvalue weighted by Crippen LogP contribution is 2.37. The highest BCUT2D eigenvalue weighted by Gasteiger charge is 2.33. The zero-order valence-electron chi connectivity index (χ0n) is 14.0. The minimum atomic E-state index is -4.90. The van der Waals surface area contributed by atoms with Gasteiger partial charge in [-0.1, -0.05) is 11.6 Å². The quantitative estimate of drug-likeness (QED) is 0.684. The third kappa shape index (κ3) is 3.52. The molecule has 8 nitrogen and oxygen atoms in total. The van der Waals surface area contributed by atoms with Crippen molar-refractivity contribution in [1.29, 1.82) is 0 Å². The molecule has 146 valence electrons. The van der Waals surface area contributed by atoms with Gasteiger partial charge < -0.3 is 15.4 Å². The summed E-state index contributed by atoms with van der Waals surface area (Å²) in [6.07, 6.45) is -1.49. The average molecular weight is 413 g/mol. The number of hydrogen-bond acceptors (Lipinski definition) is 6. The second-order valence-electron chi connectivity index (χ2n) is 5.99. The first kappa shape index (κ1) is 18.3. The maximum absolute atomic E-state index is 12.8. The lowest BCUT2D eigenvalue weighted by Crippen LogP contribution is -2.30. The van der Waals surface area contributed by atoms with Gasteiger partial charge in [0.05, 0.1) is 11.7 Å². The minimum absolute atomic E-state index is 0.0462. The van der Waals surface area contributed by atoms with Crippen LogP contribution in [0.2, 0.25) is 5.02 Å². The van der Waals surface area contributed by atoms with Crippen molar-refractivity contribution in [3.05, 3.63) is 35.7 Å². The Labute approximate surface area is 160 Å². The van der Waals surface area contributed by atoms with Gasteiger partial charge in [-0.15, -0.1) is 23.4 Å². The summed E-state index contributed by atoms with van der Waals surface area (Å²) in [5.74, 6) is -0.434. The second-order valence-corrected chi connectivity index (χ2v) is 6.42. The van der Waals surface area contributed by atoms with E-state index in [1.165, 1.54) is 29.1 Å². The van der Waals surface area contributed by atoms with Gasteiger partial charge in [0, 0.05) is 17.1 Å². The highest BCUT2D eigenvalue weighted by molar-refractivity contribution is 6.30. The first-order valence-electron chi connectivity index (χ1n) is 8.10. The summed E-state index contributed by atoms with van der Waals surface area (Å²) in [6.45, 7) is 0.540. The third-order valence-electron chi connectivity index (χ3n) is 4.13. The molecule has 0 spiro atoms. The Hall–Kier alpha value is -3.08. The third-order valence-corrected chi connectivity index (χ3v) is 4.37. The lowest BCUT2D eigenvalue weighted by molar-refractivity contribution is -0.274. The van der Waals surface area contributed by atoms with Crippen LogP contribution in [0.4, 0.5) is 19.1 Å². The van der Waals surface area contributed by atoms with Gasteiger partial charge in [-0.3, -0.25) is 9.20 Å². The number of carbonyl (C=O) groups is 1. The summed E-state index contributed by atoms with van der Waals surface area (Å²) in [4.78, 5) is 15.8. The summed E-state index contributed by atoms with van der Waals surface area (Å²) in [6, 6.07) is 3.35. The summed E-state index contributed by atoms with van der Waals surface area (Å²) in [5, 5.41) is 13.8. The van der Waals surface area contributed by atoms with Gasteiger partial charge in [0.2, 0.25) is 11.9 Å². The molecule has 0 saturated carbocycles. The van der Waals surface area contributed by atoms with Crippen molar-refractivity contribution in [3.8, 4) is 17.0 Å². The fourth-order valence-corrected chi connectivity index (χ4v) is 3.08. The Morgan fingerprint density at radius 2 is 2.14 bits per heavy atom. The summed E-state index contributed by atoms with van der Waals surface area (Å²) < 4.78 is 43.9. The van der Waals surface area contributed by atoms with Crippen molar-refractivity contribution in [2.24, 2.45) is 0 Å². The van der Waals surface area contributed by atoms with E-state index >= 15 is 0 Å². The van der Waals surface area contributed by atoms with E-state index in [0.717, 1.165) is 6.07 Å². The monoisotopic (exact) mass is 412 g/mol. The van der Waals surface area contributed by atoms with Crippen LogP contribution in [0, 0.1) is 0 Å². The number of nitrogens with zero attached hydrogens (tertiary/aromatic N) is 4. The van der Waals surface area contributed by atoms with Crippen LogP contribution in [0.25, 0.3) is 16.8 Å². The normalized spacial score (nSPS) is 17.0. The molecular formula is C16H12ClF3N6O2. The summed E-state index contributed by atoms with van der Waals surface area (Å²) in [5.41, 5.74) is 0.546. The number of hydrogen-bond donors (Lipinski definition) is 2. The van der Waals surface area contributed by atoms with E-state index < -0.39 is 18.2 Å². The molecule has 1 atom stereocenters. The van der Waals surface area contributed by atoms with E-state index in [2.05, 4.69) is 30.6 Å². The SMILES string of the molecule is O=C1NCCC1Nc1nnc(-c2ccc(Cl)cc2OC(F)(F)F)c2cncn12. The van der Waals surface area contributed by atoms with Crippen molar-refractivity contribution in [2.45, 2.75) is 18.8 Å². The molecule has 1 aliphatic heterocycles. The van der Waals surface area contributed by atoms with E-state index in [4.69, 9.17) is 11.6 Å². The fraction of sp³-hybridized carbons (Fsp3) is 0.250. The van der Waals surface area contributed by atoms with E-state index in [-0.39, 0.29) is 28.1 Å². The van der Waals surface area contributed by atoms with Gasteiger partial charge in [0.25, 0.3) is 0 Å². The number of amides is 1. The number of rotatable bonds is 4. The molecule has 1 aromatic carbocycles. The number of anilines is 1. The molecule has 1 fully saturated rings. The number of benzene rings is 1. The Balaban J connectivity index is 1.78. The number of aromatic nitrogens is 4. The van der Waals surface area contributed by atoms with Crippen LogP contribution in [0.1, 0.15) is 6.42 Å². The van der Waals surface area contributed by atoms with Crippen molar-refractivity contribution < 1.29 is 22.7 Å². The Bertz CT molecular complexity index is 1050. The van der Waals surface area contributed by atoms with Crippen LogP contribution in [0.3, 0.4) is 0 Å². The number of carbonyl (C=O) groups excluding carboxylic acids is 1. The standard InChI is InChI=1S/C16H12ClF3N6O2/c17-8-1-2-9(12(5-8)28-16(18,19)20)13-11-6-21-7-26(11)15(25-24-13)23-10-3-4-22-14(10)27/h1-2,5-7,10H,3-4H2,(H,22,27)(H,23,25). The van der Waals surface area contributed by atoms with Crippen molar-refractivity contribution in [2.75, 3.05) is 11.9 Å². The molecule has 2 N–H and O–H groups in total. The molecule has 1 aliphatic rings. The zero-order valence-corrected chi connectivity index (χ0v) is 14.8. The van der Waals surface area contributed by atoms with E-state index in [9.17, 15) is 18.0 Å². The zero-order chi connectivity index (χ0) is 19.9. The summed E-state index contributed by atoms with van der Waals surface area (Å²) in [7, 11) is 0. The number of fused-ring (bicyclic) bond motifs is 1. The largest absolute Gasteiger partial charge is 0.573 e. The maximum atomic E-state index is 12.8. The molecule has 1 amide bonds. The molecule has 3 heterocycles. The van der Waals surface area contributed by atoms with Crippen LogP contribution in [0.5, 0.6) is 5.75 Å². The molecule has 4 rings (SSSR count). The molecule has 0 aliphatic carbocycles. The van der Waals surface area contributed by atoms with E-state index in [1.807, 2.05) is 0 Å². The van der Waals surface area contributed by atoms with Crippen LogP contribution in [-0.2, 0) is 4.79 Å². The summed E-state index contributed by atoms with van der Waals surface area (Å²) >= 11 is 5.82. The second kappa shape index (κ2) is 6.82. The number of nitrogens with one attached hydrogen (secondary N) is 2. The molecule has 1 unspecified atom stereocenters. The number of imidazole rings is 1. The first-order chi connectivity index (χ1) is 13.3. The lowest BCUT2D eigenvalue weighted by Gasteiger charge is -2.15. The lowest BCUT2D eigenvalue weighted by atomic mass is 10.1. The van der Waals surface area contributed by atoms with Crippen molar-refractivity contribution in [3.63, 3.8) is 0 Å². The Kier molecular flexibility index (Phi) is 4.46. The maximum Gasteiger partial charge on any atom is 0.573 e. The van der Waals surface area contributed by atoms with Gasteiger partial charge in [-0.2, -0.15) is 0 Å². The number of ether oxygens (including phenoxy) is 1. The molecule has 12 heteroatoms. The van der Waals surface area contributed by atoms with Crippen molar-refractivity contribution in [1.82, 2.24) is 24.9 Å². The van der Waals surface area contributed by atoms with Crippen LogP contribution in [0.15, 0.2) is 30.7 Å². The highest BCUT2D eigenvalue weighted by atomic mass is 35.5. The average Bonchev–Trinajstić information content (AvgIpc) is 3.24. The minimum Gasteiger partial charge on any atom is -0.405 e. The van der Waals surface area contributed by atoms with Crippen LogP contribution >= 0.6 is 11.6 Å². The Morgan fingerprint density at radius 1 is 1.32 bits per heavy atom. The van der Waals surface area contributed by atoms with Crippen LogP contribution in [-0.4, -0.2) is 44.4 Å². The molecule has 3 aromatic rings. The molecule has 2 aromatic heterocycles. The van der Waals surface area contributed by atoms with Crippen LogP contribution < -0.4 is 15.4 Å². The van der Waals surface area contributed by atoms with Crippen molar-refractivity contribution >= 4 is 29.0 Å². The predicted octanol–water partition coefficient (Wildman–Crippen LogP) is 2.64.